The highest BCUT2D eigenvalue weighted by atomic mass is 14.8. The van der Waals surface area contributed by atoms with E-state index < -0.39 is 0 Å². The van der Waals surface area contributed by atoms with Gasteiger partial charge in [-0.25, -0.2) is 0 Å². The van der Waals surface area contributed by atoms with Crippen LogP contribution in [0, 0.1) is 0 Å². The summed E-state index contributed by atoms with van der Waals surface area (Å²) in [6.07, 6.45) is 10.7. The van der Waals surface area contributed by atoms with E-state index >= 15 is 0 Å². The molecule has 0 unspecified atom stereocenters. The molecule has 0 spiro atoms. The van der Waals surface area contributed by atoms with Crippen molar-refractivity contribution in [1.82, 2.24) is 5.32 Å². The Bertz CT molecular complexity index is 202. The van der Waals surface area contributed by atoms with E-state index in [9.17, 15) is 0 Å². The van der Waals surface area contributed by atoms with Crippen molar-refractivity contribution < 1.29 is 0 Å². The lowest BCUT2D eigenvalue weighted by molar-refractivity contribution is 0.807. The van der Waals surface area contributed by atoms with E-state index in [1.807, 2.05) is 13.3 Å². The second-order valence-corrected chi connectivity index (χ2v) is 2.82. The Hall–Kier alpha value is -0.890. The smallest absolute Gasteiger partial charge is 0.0424 e. The average molecular weight is 164 g/mol. The molecule has 1 heterocycles. The van der Waals surface area contributed by atoms with Gasteiger partial charge in [0.2, 0.25) is 0 Å². The zero-order valence-corrected chi connectivity index (χ0v) is 7.59. The quantitative estimate of drug-likeness (QED) is 0.626. The van der Waals surface area contributed by atoms with Gasteiger partial charge in [-0.15, -0.1) is 0 Å². The topological polar surface area (TPSA) is 24.4 Å². The van der Waals surface area contributed by atoms with Gasteiger partial charge in [-0.05, 0) is 32.0 Å². The molecule has 12 heavy (non-hydrogen) atoms. The molecule has 2 heteroatoms. The van der Waals surface area contributed by atoms with E-state index in [-0.39, 0.29) is 0 Å². The first-order valence-corrected chi connectivity index (χ1v) is 4.44. The molecule has 1 rings (SSSR count). The highest BCUT2D eigenvalue weighted by Gasteiger charge is 1.91. The molecule has 0 fully saturated rings. The number of nitrogens with one attached hydrogen (secondary N) is 1. The van der Waals surface area contributed by atoms with Gasteiger partial charge in [0.15, 0.2) is 0 Å². The summed E-state index contributed by atoms with van der Waals surface area (Å²) in [5.41, 5.74) is 1.25. The molecule has 1 N–H and O–H groups in total. The third-order valence-electron chi connectivity index (χ3n) is 1.75. The lowest BCUT2D eigenvalue weighted by Crippen LogP contribution is -2.05. The van der Waals surface area contributed by atoms with E-state index in [4.69, 9.17) is 0 Å². The van der Waals surface area contributed by atoms with Crippen molar-refractivity contribution in [2.75, 3.05) is 20.1 Å². The molecule has 1 aliphatic rings. The SMILES string of the molecule is CNCC/C=C/C1=CCCN=C1. The number of nitrogens with zero attached hydrogens (tertiary/aromatic N) is 1. The first-order chi connectivity index (χ1) is 5.93. The molecule has 0 aromatic heterocycles. The van der Waals surface area contributed by atoms with Gasteiger partial charge in [-0.1, -0.05) is 18.2 Å². The Morgan fingerprint density at radius 2 is 2.58 bits per heavy atom. The lowest BCUT2D eigenvalue weighted by Gasteiger charge is -2.00. The number of aliphatic imine (C=N–C) groups is 1. The van der Waals surface area contributed by atoms with Crippen LogP contribution in [0.4, 0.5) is 0 Å². The molecule has 0 saturated heterocycles. The summed E-state index contributed by atoms with van der Waals surface area (Å²) in [5, 5.41) is 3.10. The fraction of sp³-hybridized carbons (Fsp3) is 0.500. The minimum absolute atomic E-state index is 0.952. The van der Waals surface area contributed by atoms with Gasteiger partial charge in [0.1, 0.15) is 0 Å². The Kier molecular flexibility index (Phi) is 4.39. The van der Waals surface area contributed by atoms with Gasteiger partial charge in [0.25, 0.3) is 0 Å². The Balaban J connectivity index is 2.25. The zero-order chi connectivity index (χ0) is 8.65. The monoisotopic (exact) mass is 164 g/mol. The average Bonchev–Trinajstić information content (AvgIpc) is 2.14. The van der Waals surface area contributed by atoms with E-state index in [1.165, 1.54) is 5.57 Å². The Labute approximate surface area is 74.1 Å². The van der Waals surface area contributed by atoms with Crippen molar-refractivity contribution in [3.8, 4) is 0 Å². The number of hydrogen-bond donors (Lipinski definition) is 1. The van der Waals surface area contributed by atoms with Gasteiger partial charge in [0.05, 0.1) is 0 Å². The number of dihydropyridines is 1. The van der Waals surface area contributed by atoms with Crippen LogP contribution in [-0.2, 0) is 0 Å². The van der Waals surface area contributed by atoms with Crippen LogP contribution in [0.5, 0.6) is 0 Å². The molecule has 1 aliphatic heterocycles. The van der Waals surface area contributed by atoms with Crippen molar-refractivity contribution in [1.29, 1.82) is 0 Å². The van der Waals surface area contributed by atoms with Crippen LogP contribution in [0.25, 0.3) is 0 Å². The van der Waals surface area contributed by atoms with Gasteiger partial charge >= 0.3 is 0 Å². The number of allylic oxidation sites excluding steroid dienone is 2. The fourth-order valence-electron chi connectivity index (χ4n) is 1.09. The second-order valence-electron chi connectivity index (χ2n) is 2.82. The fourth-order valence-corrected chi connectivity index (χ4v) is 1.09. The summed E-state index contributed by atoms with van der Waals surface area (Å²) in [6, 6.07) is 0. The van der Waals surface area contributed by atoms with Gasteiger partial charge in [-0.3, -0.25) is 4.99 Å². The maximum absolute atomic E-state index is 4.20. The van der Waals surface area contributed by atoms with E-state index in [0.717, 1.165) is 25.9 Å². The maximum Gasteiger partial charge on any atom is 0.0424 e. The van der Waals surface area contributed by atoms with Gasteiger partial charge < -0.3 is 5.32 Å². The third kappa shape index (κ3) is 3.49. The Morgan fingerprint density at radius 3 is 3.25 bits per heavy atom. The largest absolute Gasteiger partial charge is 0.319 e. The van der Waals surface area contributed by atoms with Crippen molar-refractivity contribution in [3.63, 3.8) is 0 Å². The standard InChI is InChI=1S/C10H16N2/c1-11-7-3-2-5-10-6-4-8-12-9-10/h2,5-6,9,11H,3-4,7-8H2,1H3/b5-2+. The van der Waals surface area contributed by atoms with Crippen LogP contribution < -0.4 is 5.32 Å². The highest BCUT2D eigenvalue weighted by Crippen LogP contribution is 2.02. The molecular formula is C10H16N2. The van der Waals surface area contributed by atoms with Crippen LogP contribution in [0.2, 0.25) is 0 Å². The van der Waals surface area contributed by atoms with Crippen LogP contribution >= 0.6 is 0 Å². The molecule has 2 nitrogen and oxygen atoms in total. The summed E-state index contributed by atoms with van der Waals surface area (Å²) in [5.74, 6) is 0. The molecule has 0 amide bonds. The number of rotatable bonds is 4. The molecule has 0 aliphatic carbocycles. The summed E-state index contributed by atoms with van der Waals surface area (Å²) in [6.45, 7) is 1.99. The highest BCUT2D eigenvalue weighted by molar-refractivity contribution is 5.82. The van der Waals surface area contributed by atoms with Crippen molar-refractivity contribution in [2.45, 2.75) is 12.8 Å². The number of hydrogen-bond acceptors (Lipinski definition) is 2. The van der Waals surface area contributed by atoms with Gasteiger partial charge in [-0.2, -0.15) is 0 Å². The molecule has 0 saturated carbocycles. The molecule has 0 aromatic rings. The third-order valence-corrected chi connectivity index (χ3v) is 1.75. The van der Waals surface area contributed by atoms with Crippen LogP contribution in [-0.4, -0.2) is 26.4 Å². The maximum atomic E-state index is 4.20. The summed E-state index contributed by atoms with van der Waals surface area (Å²) < 4.78 is 0. The molecule has 0 bridgehead atoms. The molecule has 0 radical (unpaired) electrons. The minimum atomic E-state index is 0.952. The molecule has 66 valence electrons. The van der Waals surface area contributed by atoms with Crippen molar-refractivity contribution >= 4 is 6.21 Å². The molecular weight excluding hydrogens is 148 g/mol. The predicted octanol–water partition coefficient (Wildman–Crippen LogP) is 1.55. The minimum Gasteiger partial charge on any atom is -0.319 e. The summed E-state index contributed by atoms with van der Waals surface area (Å²) >= 11 is 0. The first kappa shape index (κ1) is 9.20. The zero-order valence-electron chi connectivity index (χ0n) is 7.59. The van der Waals surface area contributed by atoms with Crippen molar-refractivity contribution in [2.24, 2.45) is 4.99 Å². The van der Waals surface area contributed by atoms with Crippen LogP contribution in [0.1, 0.15) is 12.8 Å². The van der Waals surface area contributed by atoms with Crippen LogP contribution in [0.3, 0.4) is 0 Å². The molecule has 0 aromatic carbocycles. The normalized spacial score (nSPS) is 16.9. The van der Waals surface area contributed by atoms with Gasteiger partial charge in [0, 0.05) is 12.8 Å². The lowest BCUT2D eigenvalue weighted by atomic mass is 10.1. The first-order valence-electron chi connectivity index (χ1n) is 4.44. The van der Waals surface area contributed by atoms with Crippen molar-refractivity contribution in [3.05, 3.63) is 23.8 Å². The van der Waals surface area contributed by atoms with E-state index in [2.05, 4.69) is 28.5 Å². The van der Waals surface area contributed by atoms with E-state index in [1.54, 1.807) is 0 Å². The van der Waals surface area contributed by atoms with E-state index in [0.29, 0.717) is 0 Å². The predicted molar refractivity (Wildman–Crippen MR) is 53.7 cm³/mol. The summed E-state index contributed by atoms with van der Waals surface area (Å²) in [4.78, 5) is 4.20. The second kappa shape index (κ2) is 5.72. The summed E-state index contributed by atoms with van der Waals surface area (Å²) in [7, 11) is 1.97. The molecule has 0 atom stereocenters. The van der Waals surface area contributed by atoms with Crippen LogP contribution in [0.15, 0.2) is 28.8 Å². The Morgan fingerprint density at radius 1 is 1.67 bits per heavy atom.